The van der Waals surface area contributed by atoms with Crippen molar-refractivity contribution in [1.82, 2.24) is 5.32 Å². The molecular weight excluding hydrogens is 222 g/mol. The number of rotatable bonds is 5. The van der Waals surface area contributed by atoms with Gasteiger partial charge in [0.2, 0.25) is 0 Å². The van der Waals surface area contributed by atoms with Gasteiger partial charge < -0.3 is 10.1 Å². The molecule has 1 N–H and O–H groups in total. The average molecular weight is 245 g/mol. The molecule has 0 amide bonds. The highest BCUT2D eigenvalue weighted by atomic mass is 16.5. The van der Waals surface area contributed by atoms with E-state index in [1.165, 1.54) is 5.56 Å². The van der Waals surface area contributed by atoms with Gasteiger partial charge in [0.25, 0.3) is 0 Å². The molecule has 0 saturated heterocycles. The number of hydrogen-bond donors (Lipinski definition) is 1. The maximum absolute atomic E-state index is 5.65. The topological polar surface area (TPSA) is 21.3 Å². The Bertz CT molecular complexity index is 386. The highest BCUT2D eigenvalue weighted by Gasteiger charge is 2.14. The van der Waals surface area contributed by atoms with E-state index in [9.17, 15) is 0 Å². The summed E-state index contributed by atoms with van der Waals surface area (Å²) in [5, 5.41) is 3.65. The van der Waals surface area contributed by atoms with Crippen molar-refractivity contribution in [3.8, 4) is 5.75 Å². The second-order valence-corrected chi connectivity index (χ2v) is 5.26. The molecule has 1 aromatic rings. The van der Waals surface area contributed by atoms with Crippen LogP contribution in [0.25, 0.3) is 0 Å². The zero-order valence-corrected chi connectivity index (χ0v) is 11.5. The first-order valence-corrected chi connectivity index (χ1v) is 6.83. The van der Waals surface area contributed by atoms with Gasteiger partial charge in [-0.2, -0.15) is 0 Å². The second kappa shape index (κ2) is 6.05. The van der Waals surface area contributed by atoms with Crippen LogP contribution in [0.3, 0.4) is 0 Å². The van der Waals surface area contributed by atoms with Crippen LogP contribution in [0.1, 0.15) is 45.2 Å². The van der Waals surface area contributed by atoms with E-state index in [4.69, 9.17) is 4.74 Å². The van der Waals surface area contributed by atoms with Gasteiger partial charge in [-0.25, -0.2) is 0 Å². The predicted molar refractivity (Wildman–Crippen MR) is 75.9 cm³/mol. The van der Waals surface area contributed by atoms with Gasteiger partial charge in [-0.05, 0) is 51.3 Å². The highest BCUT2D eigenvalue weighted by molar-refractivity contribution is 5.29. The van der Waals surface area contributed by atoms with Gasteiger partial charge in [-0.15, -0.1) is 0 Å². The van der Waals surface area contributed by atoms with Crippen LogP contribution < -0.4 is 10.1 Å². The molecule has 0 radical (unpaired) electrons. The van der Waals surface area contributed by atoms with Crippen molar-refractivity contribution in [2.24, 2.45) is 0 Å². The quantitative estimate of drug-likeness (QED) is 0.796. The first-order chi connectivity index (χ1) is 8.65. The van der Waals surface area contributed by atoms with Crippen molar-refractivity contribution in [3.63, 3.8) is 0 Å². The number of nitrogens with one attached hydrogen (secondary N) is 1. The molecule has 0 fully saturated rings. The van der Waals surface area contributed by atoms with Gasteiger partial charge >= 0.3 is 0 Å². The summed E-state index contributed by atoms with van der Waals surface area (Å²) in [6, 6.07) is 9.41. The van der Waals surface area contributed by atoms with Crippen molar-refractivity contribution in [2.75, 3.05) is 0 Å². The van der Waals surface area contributed by atoms with Crippen LogP contribution >= 0.6 is 0 Å². The molecule has 0 spiro atoms. The van der Waals surface area contributed by atoms with E-state index >= 15 is 0 Å². The lowest BCUT2D eigenvalue weighted by Crippen LogP contribution is -2.29. The Balaban J connectivity index is 1.91. The molecule has 1 unspecified atom stereocenters. The maximum Gasteiger partial charge on any atom is 0.119 e. The van der Waals surface area contributed by atoms with Gasteiger partial charge in [0.15, 0.2) is 0 Å². The Hall–Kier alpha value is -1.28. The van der Waals surface area contributed by atoms with Crippen LogP contribution in [-0.4, -0.2) is 12.1 Å². The number of ether oxygens (including phenoxy) is 1. The number of benzene rings is 1. The maximum atomic E-state index is 5.65. The number of hydrogen-bond acceptors (Lipinski definition) is 2. The summed E-state index contributed by atoms with van der Waals surface area (Å²) >= 11 is 0. The Labute approximate surface area is 110 Å². The van der Waals surface area contributed by atoms with Crippen LogP contribution in [0.4, 0.5) is 0 Å². The molecule has 1 atom stereocenters. The predicted octanol–water partition coefficient (Wildman–Crippen LogP) is 3.84. The normalized spacial score (nSPS) is 17.3. The Kier molecular flexibility index (Phi) is 4.43. The van der Waals surface area contributed by atoms with Crippen molar-refractivity contribution >= 4 is 0 Å². The van der Waals surface area contributed by atoms with E-state index in [2.05, 4.69) is 48.7 Å². The Morgan fingerprint density at radius 2 is 1.67 bits per heavy atom. The minimum absolute atomic E-state index is 0.232. The largest absolute Gasteiger partial charge is 0.491 e. The lowest BCUT2D eigenvalue weighted by molar-refractivity contribution is 0.242. The van der Waals surface area contributed by atoms with Crippen molar-refractivity contribution < 1.29 is 4.74 Å². The minimum atomic E-state index is 0.232. The van der Waals surface area contributed by atoms with E-state index in [1.807, 2.05) is 13.8 Å². The van der Waals surface area contributed by atoms with Crippen LogP contribution in [-0.2, 0) is 0 Å². The van der Waals surface area contributed by atoms with E-state index < -0.39 is 0 Å². The molecule has 98 valence electrons. The van der Waals surface area contributed by atoms with E-state index in [-0.39, 0.29) is 6.10 Å². The third-order valence-corrected chi connectivity index (χ3v) is 3.25. The summed E-state index contributed by atoms with van der Waals surface area (Å²) in [7, 11) is 0. The molecule has 0 aromatic heterocycles. The third-order valence-electron chi connectivity index (χ3n) is 3.25. The molecule has 0 bridgehead atoms. The molecule has 2 heteroatoms. The van der Waals surface area contributed by atoms with Gasteiger partial charge in [0.05, 0.1) is 6.10 Å². The van der Waals surface area contributed by atoms with Crippen molar-refractivity contribution in [3.05, 3.63) is 42.0 Å². The zero-order chi connectivity index (χ0) is 13.0. The lowest BCUT2D eigenvalue weighted by Gasteiger charge is -2.20. The molecular formula is C16H23NO. The molecule has 2 rings (SSSR count). The Morgan fingerprint density at radius 1 is 1.06 bits per heavy atom. The fourth-order valence-corrected chi connectivity index (χ4v) is 2.31. The fraction of sp³-hybridized carbons (Fsp3) is 0.500. The summed E-state index contributed by atoms with van der Waals surface area (Å²) in [5.41, 5.74) is 1.32. The molecule has 0 heterocycles. The fourth-order valence-electron chi connectivity index (χ4n) is 2.31. The van der Waals surface area contributed by atoms with Gasteiger partial charge in [0.1, 0.15) is 5.75 Å². The standard InChI is InChI=1S/C16H23NO/c1-12(2)18-16-10-8-14(9-11-16)13(3)17-15-6-4-5-7-15/h4-5,8-13,15,17H,6-7H2,1-3H3. The molecule has 1 aromatic carbocycles. The minimum Gasteiger partial charge on any atom is -0.491 e. The van der Waals surface area contributed by atoms with E-state index in [0.29, 0.717) is 12.1 Å². The highest BCUT2D eigenvalue weighted by Crippen LogP contribution is 2.21. The second-order valence-electron chi connectivity index (χ2n) is 5.26. The van der Waals surface area contributed by atoms with Crippen LogP contribution in [0.5, 0.6) is 5.75 Å². The van der Waals surface area contributed by atoms with Crippen LogP contribution in [0, 0.1) is 0 Å². The van der Waals surface area contributed by atoms with Crippen LogP contribution in [0.2, 0.25) is 0 Å². The van der Waals surface area contributed by atoms with E-state index in [0.717, 1.165) is 18.6 Å². The van der Waals surface area contributed by atoms with Gasteiger partial charge in [-0.1, -0.05) is 24.3 Å². The molecule has 0 saturated carbocycles. The Morgan fingerprint density at radius 3 is 2.22 bits per heavy atom. The first-order valence-electron chi connectivity index (χ1n) is 6.83. The average Bonchev–Trinajstić information content (AvgIpc) is 2.82. The summed E-state index contributed by atoms with van der Waals surface area (Å²) in [6.45, 7) is 6.31. The zero-order valence-electron chi connectivity index (χ0n) is 11.5. The van der Waals surface area contributed by atoms with Gasteiger partial charge in [-0.3, -0.25) is 0 Å². The summed E-state index contributed by atoms with van der Waals surface area (Å²) in [5.74, 6) is 0.948. The molecule has 1 aliphatic rings. The molecule has 2 nitrogen and oxygen atoms in total. The summed E-state index contributed by atoms with van der Waals surface area (Å²) in [6.07, 6.45) is 7.04. The molecule has 18 heavy (non-hydrogen) atoms. The SMILES string of the molecule is CC(C)Oc1ccc(C(C)NC2CC=CC2)cc1. The van der Waals surface area contributed by atoms with Crippen LogP contribution in [0.15, 0.2) is 36.4 Å². The first kappa shape index (κ1) is 13.2. The van der Waals surface area contributed by atoms with E-state index in [1.54, 1.807) is 0 Å². The third kappa shape index (κ3) is 3.61. The monoisotopic (exact) mass is 245 g/mol. The molecule has 1 aliphatic carbocycles. The van der Waals surface area contributed by atoms with Crippen molar-refractivity contribution in [1.29, 1.82) is 0 Å². The summed E-state index contributed by atoms with van der Waals surface area (Å²) in [4.78, 5) is 0. The lowest BCUT2D eigenvalue weighted by atomic mass is 10.1. The van der Waals surface area contributed by atoms with Crippen molar-refractivity contribution in [2.45, 2.75) is 51.8 Å². The smallest absolute Gasteiger partial charge is 0.119 e. The van der Waals surface area contributed by atoms with Gasteiger partial charge in [0, 0.05) is 12.1 Å². The summed E-state index contributed by atoms with van der Waals surface area (Å²) < 4.78 is 5.65. The molecule has 0 aliphatic heterocycles.